The summed E-state index contributed by atoms with van der Waals surface area (Å²) < 4.78 is 25.9. The molecule has 96 valence electrons. The second kappa shape index (κ2) is 5.57. The Kier molecular flexibility index (Phi) is 4.36. The van der Waals surface area contributed by atoms with Gasteiger partial charge in [0.1, 0.15) is 17.0 Å². The minimum atomic E-state index is -4.08. The Bertz CT molecular complexity index is 591. The van der Waals surface area contributed by atoms with Crippen LogP contribution in [-0.4, -0.2) is 30.5 Å². The van der Waals surface area contributed by atoms with E-state index in [1.54, 1.807) is 6.07 Å². The molecule has 0 amide bonds. The molecule has 0 fully saturated rings. The summed E-state index contributed by atoms with van der Waals surface area (Å²) in [7, 11) is -4.08. The first-order chi connectivity index (χ1) is 8.42. The van der Waals surface area contributed by atoms with Crippen molar-refractivity contribution in [3.8, 4) is 6.07 Å². The minimum Gasteiger partial charge on any atom is -0.480 e. The number of carboxylic acids is 1. The van der Waals surface area contributed by atoms with Crippen molar-refractivity contribution in [2.75, 3.05) is 0 Å². The van der Waals surface area contributed by atoms with Gasteiger partial charge in [0.2, 0.25) is 10.0 Å². The average Bonchev–Trinajstić information content (AvgIpc) is 2.35. The third-order valence-corrected chi connectivity index (χ3v) is 3.67. The smallest absolute Gasteiger partial charge is 0.321 e. The van der Waals surface area contributed by atoms with Crippen molar-refractivity contribution in [3.63, 3.8) is 0 Å². The highest BCUT2D eigenvalue weighted by molar-refractivity contribution is 7.89. The first-order valence-electron chi connectivity index (χ1n) is 5.02. The van der Waals surface area contributed by atoms with Gasteiger partial charge in [-0.25, -0.2) is 13.4 Å². The van der Waals surface area contributed by atoms with Gasteiger partial charge in [0.25, 0.3) is 0 Å². The number of nitrogens with one attached hydrogen (secondary N) is 1. The Labute approximate surface area is 104 Å². The molecule has 2 N–H and O–H groups in total. The molecule has 0 saturated heterocycles. The van der Waals surface area contributed by atoms with Crippen LogP contribution >= 0.6 is 0 Å². The first-order valence-corrected chi connectivity index (χ1v) is 6.51. The summed E-state index contributed by atoms with van der Waals surface area (Å²) in [6.07, 6.45) is 1.38. The number of hydrogen-bond acceptors (Lipinski definition) is 5. The lowest BCUT2D eigenvalue weighted by atomic mass is 10.2. The van der Waals surface area contributed by atoms with Gasteiger partial charge in [-0.15, -0.1) is 0 Å². The van der Waals surface area contributed by atoms with Crippen LogP contribution in [0.1, 0.15) is 19.0 Å². The Hall–Kier alpha value is -1.98. The molecule has 1 aromatic rings. The van der Waals surface area contributed by atoms with Gasteiger partial charge < -0.3 is 5.11 Å². The lowest BCUT2D eigenvalue weighted by molar-refractivity contribution is -0.139. The summed E-state index contributed by atoms with van der Waals surface area (Å²) in [6, 6.07) is 2.97. The quantitative estimate of drug-likeness (QED) is 0.781. The molecule has 0 bridgehead atoms. The molecule has 18 heavy (non-hydrogen) atoms. The van der Waals surface area contributed by atoms with E-state index in [4.69, 9.17) is 10.4 Å². The van der Waals surface area contributed by atoms with Crippen LogP contribution in [-0.2, 0) is 14.8 Å². The number of rotatable bonds is 5. The Morgan fingerprint density at radius 2 is 2.33 bits per heavy atom. The molecule has 0 saturated carbocycles. The van der Waals surface area contributed by atoms with E-state index in [1.165, 1.54) is 25.3 Å². The normalized spacial score (nSPS) is 12.7. The van der Waals surface area contributed by atoms with E-state index in [-0.39, 0.29) is 17.0 Å². The highest BCUT2D eigenvalue weighted by Crippen LogP contribution is 2.12. The second-order valence-corrected chi connectivity index (χ2v) is 5.06. The predicted molar refractivity (Wildman–Crippen MR) is 61.0 cm³/mol. The van der Waals surface area contributed by atoms with E-state index >= 15 is 0 Å². The third kappa shape index (κ3) is 3.03. The molecule has 0 aromatic carbocycles. The number of pyridine rings is 1. The van der Waals surface area contributed by atoms with Gasteiger partial charge in [0.15, 0.2) is 5.69 Å². The molecule has 0 spiro atoms. The molecule has 0 unspecified atom stereocenters. The van der Waals surface area contributed by atoms with Gasteiger partial charge in [0.05, 0.1) is 0 Å². The molecule has 0 aliphatic carbocycles. The molecule has 0 aliphatic rings. The van der Waals surface area contributed by atoms with Crippen LogP contribution in [0.2, 0.25) is 0 Å². The van der Waals surface area contributed by atoms with Gasteiger partial charge >= 0.3 is 5.97 Å². The molecule has 8 heteroatoms. The fourth-order valence-corrected chi connectivity index (χ4v) is 2.63. The molecule has 1 aromatic heterocycles. The zero-order chi connectivity index (χ0) is 13.8. The number of carboxylic acid groups (broad SMARTS) is 1. The van der Waals surface area contributed by atoms with E-state index in [9.17, 15) is 13.2 Å². The molecular weight excluding hydrogens is 258 g/mol. The van der Waals surface area contributed by atoms with E-state index in [0.29, 0.717) is 0 Å². The second-order valence-electron chi connectivity index (χ2n) is 3.38. The molecule has 1 heterocycles. The van der Waals surface area contributed by atoms with E-state index in [0.717, 1.165) is 0 Å². The number of sulfonamides is 1. The molecule has 1 atom stereocenters. The number of hydrogen-bond donors (Lipinski definition) is 2. The van der Waals surface area contributed by atoms with Crippen LogP contribution in [0.25, 0.3) is 0 Å². The summed E-state index contributed by atoms with van der Waals surface area (Å²) in [5.41, 5.74) is -0.273. The monoisotopic (exact) mass is 269 g/mol. The zero-order valence-electron chi connectivity index (χ0n) is 9.49. The Morgan fingerprint density at radius 1 is 1.67 bits per heavy atom. The van der Waals surface area contributed by atoms with Gasteiger partial charge in [-0.05, 0) is 18.6 Å². The van der Waals surface area contributed by atoms with Gasteiger partial charge in [0, 0.05) is 6.20 Å². The zero-order valence-corrected chi connectivity index (χ0v) is 10.3. The highest BCUT2D eigenvalue weighted by Gasteiger charge is 2.26. The summed E-state index contributed by atoms with van der Waals surface area (Å²) in [4.78, 5) is 14.1. The molecule has 0 radical (unpaired) electrons. The molecular formula is C10H11N3O4S. The topological polar surface area (TPSA) is 120 Å². The molecule has 1 rings (SSSR count). The van der Waals surface area contributed by atoms with Crippen LogP contribution in [0.15, 0.2) is 23.2 Å². The van der Waals surface area contributed by atoms with E-state index in [1.807, 2.05) is 4.72 Å². The van der Waals surface area contributed by atoms with Crippen molar-refractivity contribution >= 4 is 16.0 Å². The third-order valence-electron chi connectivity index (χ3n) is 2.17. The summed E-state index contributed by atoms with van der Waals surface area (Å²) in [6.45, 7) is 1.54. The van der Waals surface area contributed by atoms with Crippen molar-refractivity contribution in [2.45, 2.75) is 24.3 Å². The first kappa shape index (κ1) is 14.1. The summed E-state index contributed by atoms with van der Waals surface area (Å²) >= 11 is 0. The standard InChI is InChI=1S/C10H11N3O4S/c1-2-7(10(14)15)13-18(16,17)9-4-3-5-12-8(9)6-11/h3-5,7,13H,2H2,1H3,(H,14,15)/t7-/m1/s1. The summed E-state index contributed by atoms with van der Waals surface area (Å²) in [5.74, 6) is -1.27. The van der Waals surface area contributed by atoms with Crippen molar-refractivity contribution in [1.82, 2.24) is 9.71 Å². The lowest BCUT2D eigenvalue weighted by Crippen LogP contribution is -2.40. The van der Waals surface area contributed by atoms with Crippen LogP contribution in [0.4, 0.5) is 0 Å². The fourth-order valence-electron chi connectivity index (χ4n) is 1.25. The van der Waals surface area contributed by atoms with E-state index in [2.05, 4.69) is 4.98 Å². The Balaban J connectivity index is 3.15. The molecule has 0 aliphatic heterocycles. The van der Waals surface area contributed by atoms with Crippen molar-refractivity contribution in [1.29, 1.82) is 5.26 Å². The van der Waals surface area contributed by atoms with Crippen LogP contribution in [0, 0.1) is 11.3 Å². The van der Waals surface area contributed by atoms with Gasteiger partial charge in [-0.3, -0.25) is 4.79 Å². The summed E-state index contributed by atoms with van der Waals surface area (Å²) in [5, 5.41) is 17.6. The van der Waals surface area contributed by atoms with Crippen LogP contribution in [0.5, 0.6) is 0 Å². The Morgan fingerprint density at radius 3 is 2.83 bits per heavy atom. The number of nitrogens with zero attached hydrogens (tertiary/aromatic N) is 2. The maximum absolute atomic E-state index is 11.9. The van der Waals surface area contributed by atoms with Crippen LogP contribution < -0.4 is 4.72 Å². The minimum absolute atomic E-state index is 0.0940. The van der Waals surface area contributed by atoms with Gasteiger partial charge in [-0.1, -0.05) is 6.92 Å². The number of nitriles is 1. The van der Waals surface area contributed by atoms with E-state index < -0.39 is 22.0 Å². The maximum atomic E-state index is 11.9. The van der Waals surface area contributed by atoms with Crippen LogP contribution in [0.3, 0.4) is 0 Å². The van der Waals surface area contributed by atoms with Gasteiger partial charge in [-0.2, -0.15) is 9.98 Å². The van der Waals surface area contributed by atoms with Crippen molar-refractivity contribution in [3.05, 3.63) is 24.0 Å². The maximum Gasteiger partial charge on any atom is 0.321 e. The number of aliphatic carboxylic acids is 1. The van der Waals surface area contributed by atoms with Crippen molar-refractivity contribution in [2.24, 2.45) is 0 Å². The lowest BCUT2D eigenvalue weighted by Gasteiger charge is -2.12. The largest absolute Gasteiger partial charge is 0.480 e. The fraction of sp³-hybridized carbons (Fsp3) is 0.300. The predicted octanol–water partition coefficient (Wildman–Crippen LogP) is 0.0948. The SMILES string of the molecule is CC[C@@H](NS(=O)(=O)c1cccnc1C#N)C(=O)O. The number of carbonyl (C=O) groups is 1. The highest BCUT2D eigenvalue weighted by atomic mass is 32.2. The average molecular weight is 269 g/mol. The molecule has 7 nitrogen and oxygen atoms in total. The number of aromatic nitrogens is 1. The van der Waals surface area contributed by atoms with Crippen molar-refractivity contribution < 1.29 is 18.3 Å².